The van der Waals surface area contributed by atoms with Crippen LogP contribution in [0.25, 0.3) is 0 Å². The van der Waals surface area contributed by atoms with Gasteiger partial charge in [0.1, 0.15) is 0 Å². The average Bonchev–Trinajstić information content (AvgIpc) is 3.02. The standard InChI is InChI=1S/C40H56F3NO2/c1-10-29(4)34(26-35(27-46-9)33-16-18-36(19-17-33)40(41,42)43)14-12-11-13-23-39(7)24-21-32(22-25-39)15-20-37(45)38(31(6)44-8)30(5)28(2)3/h13-20,23,29,32,35H,2,10-12,21-22,24-27H2,1,3-9H3/b20-15+,23-13+,34-14-,38-30+,44-31-/t29-,32?,35-,39?/m0/s1. The SMILES string of the molecule is C=C(C)/C(C)=C(C(=O)/C=C/C1CCC(C)(/C=C/CC/C=C(/C[C@@H](COC)c2ccc(C(F)(F)F)cc2)[C@@H](C)CC)CC1)\C(C)=N/C. The van der Waals surface area contributed by atoms with Crippen LogP contribution in [0.3, 0.4) is 0 Å². The van der Waals surface area contributed by atoms with Gasteiger partial charge < -0.3 is 4.74 Å². The maximum absolute atomic E-state index is 13.1. The van der Waals surface area contributed by atoms with Gasteiger partial charge in [-0.1, -0.05) is 74.9 Å². The molecule has 1 fully saturated rings. The second kappa shape index (κ2) is 18.4. The number of carbonyl (C=O) groups is 1. The average molecular weight is 640 g/mol. The molecule has 2 rings (SSSR count). The van der Waals surface area contributed by atoms with Crippen molar-refractivity contribution in [1.29, 1.82) is 0 Å². The van der Waals surface area contributed by atoms with Gasteiger partial charge in [-0.25, -0.2) is 0 Å². The summed E-state index contributed by atoms with van der Waals surface area (Å²) in [6.45, 7) is 16.9. The van der Waals surface area contributed by atoms with Crippen LogP contribution in [0.2, 0.25) is 0 Å². The number of allylic oxidation sites excluding steroid dienone is 9. The highest BCUT2D eigenvalue weighted by atomic mass is 19.4. The van der Waals surface area contributed by atoms with Crippen molar-refractivity contribution in [2.24, 2.45) is 22.2 Å². The summed E-state index contributed by atoms with van der Waals surface area (Å²) in [5.74, 6) is 0.777. The molecule has 0 bridgehead atoms. The molecule has 0 saturated heterocycles. The molecule has 3 nitrogen and oxygen atoms in total. The first kappa shape index (κ1) is 39.2. The van der Waals surface area contributed by atoms with Crippen LogP contribution in [-0.4, -0.2) is 32.3 Å². The molecule has 1 aliphatic carbocycles. The molecule has 46 heavy (non-hydrogen) atoms. The third-order valence-electron chi connectivity index (χ3n) is 9.72. The third-order valence-corrected chi connectivity index (χ3v) is 9.72. The van der Waals surface area contributed by atoms with E-state index in [4.69, 9.17) is 4.74 Å². The number of halogens is 3. The van der Waals surface area contributed by atoms with E-state index >= 15 is 0 Å². The largest absolute Gasteiger partial charge is 0.416 e. The zero-order valence-corrected chi connectivity index (χ0v) is 29.4. The number of unbranched alkanes of at least 4 members (excludes halogenated alkanes) is 1. The highest BCUT2D eigenvalue weighted by Crippen LogP contribution is 2.40. The highest BCUT2D eigenvalue weighted by Gasteiger charge is 2.31. The fourth-order valence-electron chi connectivity index (χ4n) is 6.11. The van der Waals surface area contributed by atoms with Crippen molar-refractivity contribution in [3.05, 3.63) is 94.6 Å². The van der Waals surface area contributed by atoms with Gasteiger partial charge in [-0.3, -0.25) is 9.79 Å². The summed E-state index contributed by atoms with van der Waals surface area (Å²) in [6, 6.07) is 5.52. The first-order chi connectivity index (χ1) is 21.7. The van der Waals surface area contributed by atoms with Crippen molar-refractivity contribution in [1.82, 2.24) is 0 Å². The molecule has 0 amide bonds. The second-order valence-electron chi connectivity index (χ2n) is 13.3. The van der Waals surface area contributed by atoms with Crippen LogP contribution in [0.5, 0.6) is 0 Å². The van der Waals surface area contributed by atoms with Crippen LogP contribution < -0.4 is 0 Å². The number of alkyl halides is 3. The van der Waals surface area contributed by atoms with Crippen molar-refractivity contribution in [2.45, 2.75) is 105 Å². The van der Waals surface area contributed by atoms with Gasteiger partial charge in [-0.15, -0.1) is 0 Å². The second-order valence-corrected chi connectivity index (χ2v) is 13.3. The number of aliphatic imine (C=N–C) groups is 1. The van der Waals surface area contributed by atoms with Gasteiger partial charge in [0.15, 0.2) is 5.78 Å². The summed E-state index contributed by atoms with van der Waals surface area (Å²) in [4.78, 5) is 17.3. The van der Waals surface area contributed by atoms with E-state index in [1.54, 1.807) is 32.4 Å². The number of rotatable bonds is 16. The molecule has 0 spiro atoms. The van der Waals surface area contributed by atoms with Gasteiger partial charge in [-0.2, -0.15) is 13.2 Å². The lowest BCUT2D eigenvalue weighted by molar-refractivity contribution is -0.137. The van der Waals surface area contributed by atoms with E-state index in [-0.39, 0.29) is 17.1 Å². The van der Waals surface area contributed by atoms with E-state index < -0.39 is 11.7 Å². The van der Waals surface area contributed by atoms with Gasteiger partial charge in [-0.05, 0) is 119 Å². The van der Waals surface area contributed by atoms with E-state index in [0.717, 1.165) is 73.8 Å². The van der Waals surface area contributed by atoms with Crippen molar-refractivity contribution in [2.75, 3.05) is 20.8 Å². The normalized spacial score (nSPS) is 21.8. The Labute approximate surface area is 276 Å². The summed E-state index contributed by atoms with van der Waals surface area (Å²) in [6.07, 6.45) is 14.4. The summed E-state index contributed by atoms with van der Waals surface area (Å²) >= 11 is 0. The van der Waals surface area contributed by atoms with Crippen LogP contribution in [0.4, 0.5) is 13.2 Å². The highest BCUT2D eigenvalue weighted by molar-refractivity contribution is 6.26. The molecule has 0 heterocycles. The maximum Gasteiger partial charge on any atom is 0.416 e. The lowest BCUT2D eigenvalue weighted by atomic mass is 9.71. The Morgan fingerprint density at radius 3 is 2.28 bits per heavy atom. The monoisotopic (exact) mass is 639 g/mol. The number of ketones is 1. The number of hydrogen-bond donors (Lipinski definition) is 0. The number of ether oxygens (including phenoxy) is 1. The molecule has 2 atom stereocenters. The Kier molecular flexibility index (Phi) is 15.7. The number of benzene rings is 1. The molecule has 6 heteroatoms. The molecule has 1 saturated carbocycles. The minimum absolute atomic E-state index is 0.00283. The Balaban J connectivity index is 2.00. The zero-order chi connectivity index (χ0) is 34.5. The van der Waals surface area contributed by atoms with Gasteiger partial charge in [0.2, 0.25) is 0 Å². The number of methoxy groups -OCH3 is 1. The predicted molar refractivity (Wildman–Crippen MR) is 187 cm³/mol. The van der Waals surface area contributed by atoms with Crippen LogP contribution in [0.1, 0.15) is 110 Å². The zero-order valence-electron chi connectivity index (χ0n) is 29.4. The van der Waals surface area contributed by atoms with E-state index in [9.17, 15) is 18.0 Å². The summed E-state index contributed by atoms with van der Waals surface area (Å²) < 4.78 is 44.7. The lowest BCUT2D eigenvalue weighted by Gasteiger charge is -2.34. The quantitative estimate of drug-likeness (QED) is 0.0593. The molecular weight excluding hydrogens is 583 g/mol. The Morgan fingerprint density at radius 2 is 1.76 bits per heavy atom. The Bertz CT molecular complexity index is 1300. The first-order valence-electron chi connectivity index (χ1n) is 16.7. The molecule has 1 aliphatic rings. The fourth-order valence-corrected chi connectivity index (χ4v) is 6.11. The third kappa shape index (κ3) is 12.0. The van der Waals surface area contributed by atoms with Crippen LogP contribution in [0, 0.1) is 17.3 Å². The first-order valence-corrected chi connectivity index (χ1v) is 16.7. The minimum Gasteiger partial charge on any atom is -0.384 e. The summed E-state index contributed by atoms with van der Waals surface area (Å²) in [5.41, 5.74) is 4.87. The number of carbonyl (C=O) groups excluding carboxylic acids is 1. The van der Waals surface area contributed by atoms with Gasteiger partial charge >= 0.3 is 6.18 Å². The topological polar surface area (TPSA) is 38.7 Å². The Morgan fingerprint density at radius 1 is 1.13 bits per heavy atom. The van der Waals surface area contributed by atoms with E-state index in [0.29, 0.717) is 24.0 Å². The molecule has 0 unspecified atom stereocenters. The smallest absolute Gasteiger partial charge is 0.384 e. The lowest BCUT2D eigenvalue weighted by Crippen LogP contribution is -2.22. The van der Waals surface area contributed by atoms with Crippen molar-refractivity contribution in [3.63, 3.8) is 0 Å². The summed E-state index contributed by atoms with van der Waals surface area (Å²) in [7, 11) is 3.35. The molecule has 0 aliphatic heterocycles. The molecular formula is C40H56F3NO2. The van der Waals surface area contributed by atoms with Crippen molar-refractivity contribution in [3.8, 4) is 0 Å². The van der Waals surface area contributed by atoms with Crippen LogP contribution >= 0.6 is 0 Å². The molecule has 0 aromatic heterocycles. The van der Waals surface area contributed by atoms with E-state index in [1.165, 1.54) is 17.7 Å². The van der Waals surface area contributed by atoms with Crippen LogP contribution in [0.15, 0.2) is 88.5 Å². The molecule has 1 aromatic rings. The van der Waals surface area contributed by atoms with Gasteiger partial charge in [0.25, 0.3) is 0 Å². The molecule has 0 radical (unpaired) electrons. The van der Waals surface area contributed by atoms with Gasteiger partial charge in [0, 0.05) is 31.4 Å². The van der Waals surface area contributed by atoms with E-state index in [1.807, 2.05) is 20.8 Å². The van der Waals surface area contributed by atoms with Crippen LogP contribution in [-0.2, 0) is 15.7 Å². The molecule has 0 N–H and O–H groups in total. The van der Waals surface area contributed by atoms with Crippen molar-refractivity contribution >= 4 is 11.5 Å². The maximum atomic E-state index is 13.1. The Hall–Kier alpha value is -2.99. The number of nitrogens with zero attached hydrogens (tertiary/aromatic N) is 1. The molecule has 1 aromatic carbocycles. The van der Waals surface area contributed by atoms with Crippen molar-refractivity contribution < 1.29 is 22.7 Å². The van der Waals surface area contributed by atoms with Gasteiger partial charge in [0.05, 0.1) is 12.2 Å². The summed E-state index contributed by atoms with van der Waals surface area (Å²) in [5, 5.41) is 0. The van der Waals surface area contributed by atoms with E-state index in [2.05, 4.69) is 56.6 Å². The minimum atomic E-state index is -4.34. The predicted octanol–water partition coefficient (Wildman–Crippen LogP) is 11.4. The fraction of sp³-hybridized carbons (Fsp3) is 0.550. The number of hydrogen-bond acceptors (Lipinski definition) is 3. The molecule has 254 valence electrons.